The number of anilines is 5. The Kier molecular flexibility index (Phi) is 19.9. The van der Waals surface area contributed by atoms with Crippen molar-refractivity contribution in [1.82, 2.24) is 24.9 Å². The van der Waals surface area contributed by atoms with Crippen molar-refractivity contribution < 1.29 is 101 Å². The summed E-state index contributed by atoms with van der Waals surface area (Å²) in [6, 6.07) is 30.2. The van der Waals surface area contributed by atoms with Crippen LogP contribution in [0.3, 0.4) is 0 Å². The highest BCUT2D eigenvalue weighted by Crippen LogP contribution is 2.46. The molecule has 39 heteroatoms. The second kappa shape index (κ2) is 29.6. The first kappa shape index (κ1) is 80.5. The van der Waals surface area contributed by atoms with E-state index < -0.39 is 108 Å². The molecule has 17 rings (SSSR count). The number of rotatable bonds is 16. The second-order valence-corrected chi connectivity index (χ2v) is 35.5. The third-order valence-corrected chi connectivity index (χ3v) is 24.2. The number of hydrogen-bond acceptors (Lipinski definition) is 21. The molecule has 0 atom stereocenters. The molecule has 10 heterocycles. The summed E-state index contributed by atoms with van der Waals surface area (Å²) in [4.78, 5) is 136. The fourth-order valence-electron chi connectivity index (χ4n) is 16.2. The molecule has 0 saturated heterocycles. The minimum Gasteiger partial charge on any atom is -0.461 e. The number of nitro benzene ring substituents is 2. The summed E-state index contributed by atoms with van der Waals surface area (Å²) in [5.74, 6) is -2.83. The van der Waals surface area contributed by atoms with Crippen molar-refractivity contribution >= 4 is 167 Å². The number of fused-ring (bicyclic) bond motifs is 15. The molecule has 0 aliphatic carbocycles. The van der Waals surface area contributed by atoms with E-state index in [1.807, 2.05) is 0 Å². The van der Waals surface area contributed by atoms with Crippen molar-refractivity contribution in [2.75, 3.05) is 70.4 Å². The van der Waals surface area contributed by atoms with Gasteiger partial charge in [-0.25, -0.2) is 19.2 Å². The van der Waals surface area contributed by atoms with Crippen LogP contribution in [-0.4, -0.2) is 173 Å². The molecule has 120 heavy (non-hydrogen) atoms. The van der Waals surface area contributed by atoms with Crippen LogP contribution in [-0.2, 0) is 94.2 Å². The van der Waals surface area contributed by atoms with E-state index in [1.54, 1.807) is 113 Å². The Morgan fingerprint density at radius 2 is 0.667 bits per heavy atom. The smallest absolute Gasteiger partial charge is 0.414 e. The van der Waals surface area contributed by atoms with Gasteiger partial charge in [-0.05, 0) is 185 Å². The molecule has 0 fully saturated rings. The van der Waals surface area contributed by atoms with Crippen LogP contribution < -0.4 is 24.5 Å². The third-order valence-electron chi connectivity index (χ3n) is 21.5. The predicted octanol–water partition coefficient (Wildman–Crippen LogP) is 12.3. The third kappa shape index (κ3) is 15.0. The molecular weight excluding hydrogens is 1620 g/mol. The molecular formula is C81H74N12O24S3. The summed E-state index contributed by atoms with van der Waals surface area (Å²) in [6.45, 7) is 11.2. The van der Waals surface area contributed by atoms with E-state index in [2.05, 4.69) is 24.9 Å². The minimum absolute atomic E-state index is 0.00461. The Labute approximate surface area is 680 Å². The molecule has 12 aromatic rings. The number of carbonyl (C=O) groups excluding carboxylic acids is 7. The molecule has 0 unspecified atom stereocenters. The fraction of sp³-hybridized carbons (Fsp3) is 0.272. The largest absolute Gasteiger partial charge is 0.461 e. The van der Waals surface area contributed by atoms with E-state index in [1.165, 1.54) is 62.1 Å². The maximum Gasteiger partial charge on any atom is 0.414 e. The molecule has 0 radical (unpaired) electrons. The number of H-pyrrole nitrogens is 5. The van der Waals surface area contributed by atoms with E-state index in [9.17, 15) is 92.7 Å². The van der Waals surface area contributed by atoms with E-state index in [0.29, 0.717) is 88.5 Å². The zero-order chi connectivity index (χ0) is 85.5. The van der Waals surface area contributed by atoms with Gasteiger partial charge < -0.3 is 58.6 Å². The number of amides is 5. The summed E-state index contributed by atoms with van der Waals surface area (Å²) in [6.07, 6.45) is 1.08. The van der Waals surface area contributed by atoms with Crippen molar-refractivity contribution in [3.63, 3.8) is 0 Å². The van der Waals surface area contributed by atoms with Crippen molar-refractivity contribution in [2.24, 2.45) is 0 Å². The summed E-state index contributed by atoms with van der Waals surface area (Å²) in [5, 5.41) is 24.2. The van der Waals surface area contributed by atoms with Crippen LogP contribution in [0.2, 0.25) is 0 Å². The molecule has 0 saturated carbocycles. The zero-order valence-corrected chi connectivity index (χ0v) is 67.2. The molecule has 0 spiro atoms. The number of nitrogens with one attached hydrogen (secondary N) is 5. The molecule has 8 N–H and O–H groups in total. The van der Waals surface area contributed by atoms with Gasteiger partial charge in [0.1, 0.15) is 54.4 Å². The van der Waals surface area contributed by atoms with Crippen LogP contribution in [0.15, 0.2) is 136 Å². The van der Waals surface area contributed by atoms with Crippen LogP contribution in [0, 0.1) is 20.2 Å². The second-order valence-electron chi connectivity index (χ2n) is 31.4. The lowest BCUT2D eigenvalue weighted by atomic mass is 10.1. The molecule has 0 bridgehead atoms. The standard InChI is InChI=1S/C46H41N7O14S2.C35H33N5O10S/c1-46(2,3)67-45(57)52-16-12-27-30-20-33(49-41(30)39(22-37(27)52)69(63,64)65)43(55)51-15-11-26-29-19-32(48-40(29)38(21-36(26)51)68(60,61)62)42(54)50-14-10-25-28-18-34(47-31(28)8-9-35(25)50)44(56)66-17-13-23-4-6-24(7-5-23)53(58)59;1-35(2,3)50-34(43)39-14-11-22-24-17-26(37-31(24)30(18-29(22)39)51(46,47)48)32(41)38-13-10-21-23-16-27(36-25(23)8-9-28(21)38)33(42)49-15-12-19-4-6-20(7-5-19)40(44)45/h4-9,18-22,47-49H,10-17H2,1-3H3,(H,60,61,62)(H,63,64,65);4-9,16-18,36-37H,10-15H2,1-3H3,(H,46,47,48). The van der Waals surface area contributed by atoms with Gasteiger partial charge in [-0.15, -0.1) is 0 Å². The van der Waals surface area contributed by atoms with Gasteiger partial charge in [0.25, 0.3) is 59.5 Å². The highest BCUT2D eigenvalue weighted by atomic mass is 32.2. The van der Waals surface area contributed by atoms with Gasteiger partial charge in [0, 0.05) is 125 Å². The maximum atomic E-state index is 14.4. The predicted molar refractivity (Wildman–Crippen MR) is 436 cm³/mol. The van der Waals surface area contributed by atoms with Crippen molar-refractivity contribution in [3.05, 3.63) is 209 Å². The summed E-state index contributed by atoms with van der Waals surface area (Å²) in [7, 11) is -14.7. The molecule has 7 aromatic carbocycles. The Bertz CT molecular complexity index is 6830. The quantitative estimate of drug-likeness (QED) is 0.0146. The molecule has 5 aliphatic heterocycles. The molecule has 5 amide bonds. The lowest BCUT2D eigenvalue weighted by Gasteiger charge is -2.25. The van der Waals surface area contributed by atoms with Crippen molar-refractivity contribution in [1.29, 1.82) is 0 Å². The zero-order valence-electron chi connectivity index (χ0n) is 64.7. The Hall–Kier alpha value is -13.3. The van der Waals surface area contributed by atoms with Gasteiger partial charge in [0.2, 0.25) is 0 Å². The average molecular weight is 1700 g/mol. The normalized spacial score (nSPS) is 14.5. The van der Waals surface area contributed by atoms with Crippen LogP contribution in [0.1, 0.15) is 133 Å². The average Bonchev–Trinajstić information content (AvgIpc) is 1.58. The summed E-state index contributed by atoms with van der Waals surface area (Å²) < 4.78 is 129. The van der Waals surface area contributed by atoms with Gasteiger partial charge in [-0.2, -0.15) is 25.3 Å². The van der Waals surface area contributed by atoms with E-state index >= 15 is 0 Å². The Morgan fingerprint density at radius 1 is 0.383 bits per heavy atom. The van der Waals surface area contributed by atoms with Gasteiger partial charge in [0.15, 0.2) is 0 Å². The van der Waals surface area contributed by atoms with Crippen molar-refractivity contribution in [3.8, 4) is 0 Å². The summed E-state index contributed by atoms with van der Waals surface area (Å²) >= 11 is 0. The number of ether oxygens (including phenoxy) is 4. The van der Waals surface area contributed by atoms with E-state index in [-0.39, 0.29) is 136 Å². The van der Waals surface area contributed by atoms with Gasteiger partial charge in [-0.3, -0.25) is 58.1 Å². The minimum atomic E-state index is -4.97. The first-order chi connectivity index (χ1) is 56.6. The van der Waals surface area contributed by atoms with Gasteiger partial charge >= 0.3 is 24.1 Å². The number of nitro groups is 2. The van der Waals surface area contributed by atoms with Crippen LogP contribution in [0.5, 0.6) is 0 Å². The number of benzene rings is 7. The fourth-order valence-corrected chi connectivity index (χ4v) is 18.2. The van der Waals surface area contributed by atoms with Gasteiger partial charge in [-0.1, -0.05) is 24.3 Å². The monoisotopic (exact) mass is 1690 g/mol. The van der Waals surface area contributed by atoms with Crippen LogP contribution >= 0.6 is 0 Å². The molecule has 5 aliphatic rings. The number of carbonyl (C=O) groups is 7. The number of esters is 2. The summed E-state index contributed by atoms with van der Waals surface area (Å²) in [5.41, 5.74) is 6.48. The highest BCUT2D eigenvalue weighted by Gasteiger charge is 2.40. The lowest BCUT2D eigenvalue weighted by molar-refractivity contribution is -0.385. The Morgan fingerprint density at radius 3 is 0.967 bits per heavy atom. The maximum absolute atomic E-state index is 14.4. The van der Waals surface area contributed by atoms with Gasteiger partial charge in [0.05, 0.1) is 51.0 Å². The van der Waals surface area contributed by atoms with Crippen LogP contribution in [0.25, 0.3) is 54.5 Å². The Balaban J connectivity index is 0.000000187. The number of non-ortho nitro benzene ring substituents is 2. The van der Waals surface area contributed by atoms with E-state index in [4.69, 9.17) is 18.9 Å². The number of nitrogens with zero attached hydrogens (tertiary/aromatic N) is 7. The van der Waals surface area contributed by atoms with Crippen molar-refractivity contribution in [2.45, 2.75) is 112 Å². The molecule has 5 aromatic heterocycles. The molecule has 620 valence electrons. The topological polar surface area (TPSA) is 501 Å². The first-order valence-electron chi connectivity index (χ1n) is 37.7. The highest BCUT2D eigenvalue weighted by molar-refractivity contribution is 7.86. The number of aromatic amines is 5. The SMILES string of the molecule is CC(C)(C)OC(=O)N1CCc2c1cc(S(=O)(=O)O)c1[nH]c(C(=O)N3CCc4c3cc(S(=O)(=O)O)c3[nH]c(C(=O)N5CCc6c5ccc5[nH]c(C(=O)OCCc7ccc([N+](=O)[O-])cc7)cc65)cc43)cc21.CC(C)(C)OC(=O)N1CCc2c1cc(S(=O)(=O)O)c1[nH]c(C(=O)N3CCc4c3ccc3[nH]c(C(=O)OCCc5ccc([N+](=O)[O-])cc5)cc43)cc21. The lowest BCUT2D eigenvalue weighted by Crippen LogP contribution is -2.35. The number of aromatic nitrogens is 5. The van der Waals surface area contributed by atoms with Crippen LogP contribution in [0.4, 0.5) is 49.4 Å². The first-order valence-corrected chi connectivity index (χ1v) is 42.0. The van der Waals surface area contributed by atoms with E-state index in [0.717, 1.165) is 39.8 Å². The number of hydrogen-bond donors (Lipinski definition) is 8. The molecule has 36 nitrogen and oxygen atoms in total.